The molecule has 1 aromatic carbocycles. The molecule has 0 radical (unpaired) electrons. The maximum absolute atomic E-state index is 12.0. The van der Waals surface area contributed by atoms with Crippen molar-refractivity contribution in [1.82, 2.24) is 5.32 Å². The van der Waals surface area contributed by atoms with Crippen LogP contribution in [0.4, 0.5) is 13.2 Å². The molecule has 2 atom stereocenters. The summed E-state index contributed by atoms with van der Waals surface area (Å²) in [5.41, 5.74) is 0.281. The fourth-order valence-electron chi connectivity index (χ4n) is 2.47. The minimum atomic E-state index is -4.42. The molecule has 1 fully saturated rings. The van der Waals surface area contributed by atoms with Crippen molar-refractivity contribution >= 4 is 11.9 Å². The van der Waals surface area contributed by atoms with E-state index >= 15 is 0 Å². The molecule has 1 amide bonds. The Morgan fingerprint density at radius 2 is 1.87 bits per heavy atom. The molecule has 0 aromatic heterocycles. The number of carboxylic acid groups (broad SMARTS) is 1. The normalized spacial score (nSPS) is 21.0. The predicted molar refractivity (Wildman–Crippen MR) is 74.2 cm³/mol. The van der Waals surface area contributed by atoms with Crippen LogP contribution in [0.15, 0.2) is 24.3 Å². The van der Waals surface area contributed by atoms with Crippen molar-refractivity contribution in [3.8, 4) is 5.75 Å². The molecule has 23 heavy (non-hydrogen) atoms. The van der Waals surface area contributed by atoms with Crippen LogP contribution in [-0.2, 0) is 4.79 Å². The number of carboxylic acids is 1. The maximum atomic E-state index is 12.0. The van der Waals surface area contributed by atoms with Crippen LogP contribution in [0.1, 0.15) is 29.6 Å². The highest BCUT2D eigenvalue weighted by Gasteiger charge is 2.31. The Labute approximate surface area is 130 Å². The average molecular weight is 331 g/mol. The Morgan fingerprint density at radius 3 is 2.39 bits per heavy atom. The molecule has 1 saturated carbocycles. The van der Waals surface area contributed by atoms with Crippen molar-refractivity contribution in [1.29, 1.82) is 0 Å². The molecule has 0 bridgehead atoms. The van der Waals surface area contributed by atoms with E-state index in [9.17, 15) is 22.8 Å². The number of benzene rings is 1. The lowest BCUT2D eigenvalue weighted by Crippen LogP contribution is -2.33. The first kappa shape index (κ1) is 17.1. The average Bonchev–Trinajstić information content (AvgIpc) is 2.93. The van der Waals surface area contributed by atoms with E-state index in [4.69, 9.17) is 5.11 Å². The second-order valence-electron chi connectivity index (χ2n) is 5.45. The summed E-state index contributed by atoms with van der Waals surface area (Å²) in [6.45, 7) is -1.39. The summed E-state index contributed by atoms with van der Waals surface area (Å²) in [6, 6.07) is 5.10. The van der Waals surface area contributed by atoms with Gasteiger partial charge in [-0.15, -0.1) is 0 Å². The fourth-order valence-corrected chi connectivity index (χ4v) is 2.47. The van der Waals surface area contributed by atoms with Crippen molar-refractivity contribution in [2.24, 2.45) is 5.92 Å². The summed E-state index contributed by atoms with van der Waals surface area (Å²) in [7, 11) is 0. The van der Waals surface area contributed by atoms with Crippen molar-refractivity contribution in [2.75, 3.05) is 6.61 Å². The number of aliphatic carboxylic acids is 1. The van der Waals surface area contributed by atoms with Gasteiger partial charge in [0.2, 0.25) is 0 Å². The Hall–Kier alpha value is -2.25. The molecule has 0 spiro atoms. The van der Waals surface area contributed by atoms with Gasteiger partial charge in [0.1, 0.15) is 5.75 Å². The van der Waals surface area contributed by atoms with E-state index in [2.05, 4.69) is 10.1 Å². The number of carbonyl (C=O) groups is 2. The lowest BCUT2D eigenvalue weighted by molar-refractivity contribution is -0.153. The van der Waals surface area contributed by atoms with E-state index in [0.717, 1.165) is 0 Å². The van der Waals surface area contributed by atoms with Gasteiger partial charge in [0.05, 0.1) is 5.92 Å². The number of carbonyl (C=O) groups excluding carboxylic acids is 1. The molecule has 2 N–H and O–H groups in total. The van der Waals surface area contributed by atoms with Crippen LogP contribution in [0.2, 0.25) is 0 Å². The Kier molecular flexibility index (Phi) is 5.12. The van der Waals surface area contributed by atoms with Gasteiger partial charge in [-0.2, -0.15) is 13.2 Å². The van der Waals surface area contributed by atoms with Gasteiger partial charge in [0, 0.05) is 11.6 Å². The summed E-state index contributed by atoms with van der Waals surface area (Å²) >= 11 is 0. The highest BCUT2D eigenvalue weighted by molar-refractivity contribution is 5.94. The quantitative estimate of drug-likeness (QED) is 0.870. The summed E-state index contributed by atoms with van der Waals surface area (Å²) in [4.78, 5) is 22.9. The molecule has 0 unspecified atom stereocenters. The molecule has 1 aliphatic rings. The molecule has 0 aliphatic heterocycles. The molecular weight excluding hydrogens is 315 g/mol. The maximum Gasteiger partial charge on any atom is 0.422 e. The van der Waals surface area contributed by atoms with Gasteiger partial charge in [-0.3, -0.25) is 9.59 Å². The van der Waals surface area contributed by atoms with Crippen LogP contribution in [0.3, 0.4) is 0 Å². The van der Waals surface area contributed by atoms with Crippen LogP contribution in [-0.4, -0.2) is 35.8 Å². The zero-order valence-corrected chi connectivity index (χ0v) is 12.1. The SMILES string of the molecule is O=C(N[C@@H]1CC[C@H](C(=O)O)C1)c1ccc(OCC(F)(F)F)cc1. The predicted octanol–water partition coefficient (Wildman–Crippen LogP) is 2.61. The van der Waals surface area contributed by atoms with Gasteiger partial charge >= 0.3 is 12.1 Å². The Balaban J connectivity index is 1.87. The van der Waals surface area contributed by atoms with E-state index in [1.807, 2.05) is 0 Å². The number of alkyl halides is 3. The van der Waals surface area contributed by atoms with Crippen molar-refractivity contribution in [2.45, 2.75) is 31.5 Å². The van der Waals surface area contributed by atoms with Crippen LogP contribution < -0.4 is 10.1 Å². The largest absolute Gasteiger partial charge is 0.484 e. The molecule has 8 heteroatoms. The van der Waals surface area contributed by atoms with Crippen LogP contribution in [0.25, 0.3) is 0 Å². The van der Waals surface area contributed by atoms with Crippen molar-refractivity contribution in [3.63, 3.8) is 0 Å². The van der Waals surface area contributed by atoms with Crippen molar-refractivity contribution in [3.05, 3.63) is 29.8 Å². The molecule has 5 nitrogen and oxygen atoms in total. The van der Waals surface area contributed by atoms with E-state index in [1.165, 1.54) is 24.3 Å². The van der Waals surface area contributed by atoms with E-state index < -0.39 is 24.7 Å². The molecule has 1 aromatic rings. The topological polar surface area (TPSA) is 75.6 Å². The minimum Gasteiger partial charge on any atom is -0.484 e. The number of amides is 1. The molecule has 2 rings (SSSR count). The number of nitrogens with one attached hydrogen (secondary N) is 1. The fraction of sp³-hybridized carbons (Fsp3) is 0.467. The molecule has 1 aliphatic carbocycles. The number of hydrogen-bond donors (Lipinski definition) is 2. The first-order valence-corrected chi connectivity index (χ1v) is 7.08. The van der Waals surface area contributed by atoms with Gasteiger partial charge in [-0.1, -0.05) is 0 Å². The third kappa shape index (κ3) is 5.15. The molecule has 0 saturated heterocycles. The van der Waals surface area contributed by atoms with E-state index in [1.54, 1.807) is 0 Å². The second kappa shape index (κ2) is 6.89. The smallest absolute Gasteiger partial charge is 0.422 e. The lowest BCUT2D eigenvalue weighted by Gasteiger charge is -2.13. The van der Waals surface area contributed by atoms with E-state index in [0.29, 0.717) is 19.3 Å². The van der Waals surface area contributed by atoms with E-state index in [-0.39, 0.29) is 23.3 Å². The number of hydrogen-bond acceptors (Lipinski definition) is 3. The number of rotatable bonds is 5. The standard InChI is InChI=1S/C15H16F3NO4/c16-15(17,18)8-23-12-5-2-9(3-6-12)13(20)19-11-4-1-10(7-11)14(21)22/h2-3,5-6,10-11H,1,4,7-8H2,(H,19,20)(H,21,22)/t10-,11+/m0/s1. The highest BCUT2D eigenvalue weighted by Crippen LogP contribution is 2.26. The van der Waals surface area contributed by atoms with Gasteiger partial charge in [0.15, 0.2) is 6.61 Å². The monoisotopic (exact) mass is 331 g/mol. The second-order valence-corrected chi connectivity index (χ2v) is 5.45. The van der Waals surface area contributed by atoms with Crippen LogP contribution in [0, 0.1) is 5.92 Å². The Bertz CT molecular complexity index is 571. The Morgan fingerprint density at radius 1 is 1.22 bits per heavy atom. The van der Waals surface area contributed by atoms with Crippen LogP contribution >= 0.6 is 0 Å². The zero-order chi connectivity index (χ0) is 17.0. The third-order valence-electron chi connectivity index (χ3n) is 3.64. The number of halogens is 3. The first-order chi connectivity index (χ1) is 10.7. The molecule has 0 heterocycles. The van der Waals surface area contributed by atoms with Crippen LogP contribution in [0.5, 0.6) is 5.75 Å². The van der Waals surface area contributed by atoms with Gasteiger partial charge < -0.3 is 15.2 Å². The summed E-state index contributed by atoms with van der Waals surface area (Å²) in [5, 5.41) is 11.6. The molecular formula is C15H16F3NO4. The number of ether oxygens (including phenoxy) is 1. The van der Waals surface area contributed by atoms with Gasteiger partial charge in [-0.25, -0.2) is 0 Å². The summed E-state index contributed by atoms with van der Waals surface area (Å²) < 4.78 is 40.7. The highest BCUT2D eigenvalue weighted by atomic mass is 19.4. The van der Waals surface area contributed by atoms with Gasteiger partial charge in [-0.05, 0) is 43.5 Å². The zero-order valence-electron chi connectivity index (χ0n) is 12.1. The lowest BCUT2D eigenvalue weighted by atomic mass is 10.1. The summed E-state index contributed by atoms with van der Waals surface area (Å²) in [5.74, 6) is -1.68. The van der Waals surface area contributed by atoms with Gasteiger partial charge in [0.25, 0.3) is 5.91 Å². The molecule has 126 valence electrons. The summed E-state index contributed by atoms with van der Waals surface area (Å²) in [6.07, 6.45) is -2.92. The third-order valence-corrected chi connectivity index (χ3v) is 3.64. The first-order valence-electron chi connectivity index (χ1n) is 7.08. The minimum absolute atomic E-state index is 0.0192. The van der Waals surface area contributed by atoms with Crippen molar-refractivity contribution < 1.29 is 32.6 Å².